The van der Waals surface area contributed by atoms with E-state index in [-0.39, 0.29) is 34.9 Å². The number of amides is 2. The van der Waals surface area contributed by atoms with Crippen molar-refractivity contribution in [3.63, 3.8) is 0 Å². The molecule has 5 rings (SSSR count). The maximum Gasteiger partial charge on any atom is 0.292 e. The first-order valence-corrected chi connectivity index (χ1v) is 20.5. The van der Waals surface area contributed by atoms with Crippen LogP contribution in [-0.2, 0) is 27.3 Å². The van der Waals surface area contributed by atoms with E-state index in [0.29, 0.717) is 30.9 Å². The zero-order chi connectivity index (χ0) is 37.2. The molecule has 2 saturated heterocycles. The van der Waals surface area contributed by atoms with E-state index in [1.165, 1.54) is 11.1 Å². The minimum atomic E-state index is -1.60. The summed E-state index contributed by atoms with van der Waals surface area (Å²) in [4.78, 5) is 35.3. The largest absolute Gasteiger partial charge is 0.593 e. The first-order valence-electron chi connectivity index (χ1n) is 18.9. The third-order valence-corrected chi connectivity index (χ3v) is 12.6. The number of fused-ring (bicyclic) bond motifs is 1. The van der Waals surface area contributed by atoms with Gasteiger partial charge in [0.15, 0.2) is 0 Å². The van der Waals surface area contributed by atoms with Gasteiger partial charge in [0.2, 0.25) is 5.91 Å². The average molecular weight is 756 g/mol. The number of likely N-dealkylation sites (N-methyl/N-ethyl adjacent to an activating group) is 1. The van der Waals surface area contributed by atoms with Crippen LogP contribution in [0.5, 0.6) is 5.75 Å². The Bertz CT molecular complexity index is 1520. The normalized spacial score (nSPS) is 20.6. The number of hydrogen-bond donors (Lipinski definition) is 1. The number of ether oxygens (including phenoxy) is 2. The van der Waals surface area contributed by atoms with Crippen molar-refractivity contribution >= 4 is 40.5 Å². The van der Waals surface area contributed by atoms with Crippen molar-refractivity contribution in [2.24, 2.45) is 5.92 Å². The third kappa shape index (κ3) is 10.9. The number of nitrogens with zero attached hydrogens (tertiary/aromatic N) is 4. The molecule has 0 radical (unpaired) electrons. The van der Waals surface area contributed by atoms with Gasteiger partial charge in [-0.1, -0.05) is 36.7 Å². The van der Waals surface area contributed by atoms with Crippen molar-refractivity contribution in [2.75, 3.05) is 85.1 Å². The molecule has 5 unspecified atom stereocenters. The van der Waals surface area contributed by atoms with Gasteiger partial charge in [-0.25, -0.2) is 0 Å². The van der Waals surface area contributed by atoms with Crippen molar-refractivity contribution in [2.45, 2.75) is 69.6 Å². The van der Waals surface area contributed by atoms with Crippen LogP contribution in [0, 0.1) is 5.92 Å². The van der Waals surface area contributed by atoms with Crippen LogP contribution >= 0.6 is 11.6 Å². The molecule has 1 aliphatic carbocycles. The number of nitrogens with one attached hydrogen (secondary N) is 1. The van der Waals surface area contributed by atoms with Crippen LogP contribution in [0.4, 0.5) is 5.69 Å². The van der Waals surface area contributed by atoms with Crippen LogP contribution in [0.1, 0.15) is 73.4 Å². The second-order valence-electron chi connectivity index (χ2n) is 14.8. The predicted molar refractivity (Wildman–Crippen MR) is 211 cm³/mol. The Kier molecular flexibility index (Phi) is 15.1. The van der Waals surface area contributed by atoms with E-state index in [9.17, 15) is 14.1 Å². The minimum absolute atomic E-state index is 0.0137. The number of hydrogen-bond acceptors (Lipinski definition) is 8. The maximum absolute atomic E-state index is 13.6. The van der Waals surface area contributed by atoms with E-state index in [1.807, 2.05) is 63.0 Å². The molecule has 0 aromatic heterocycles. The highest BCUT2D eigenvalue weighted by Gasteiger charge is 2.30. The predicted octanol–water partition coefficient (Wildman–Crippen LogP) is 5.52. The van der Waals surface area contributed by atoms with E-state index in [4.69, 9.17) is 21.1 Å². The Balaban J connectivity index is 1.14. The number of likely N-dealkylation sites (tertiary alicyclic amines) is 1. The van der Waals surface area contributed by atoms with Gasteiger partial charge < -0.3 is 23.8 Å². The van der Waals surface area contributed by atoms with Gasteiger partial charge in [0.05, 0.1) is 36.9 Å². The van der Waals surface area contributed by atoms with Gasteiger partial charge in [0, 0.05) is 69.7 Å². The first-order chi connectivity index (χ1) is 25.0. The Hall–Kier alpha value is -2.80. The second kappa shape index (κ2) is 19.5. The van der Waals surface area contributed by atoms with Crippen LogP contribution in [0.3, 0.4) is 0 Å². The smallest absolute Gasteiger partial charge is 0.292 e. The van der Waals surface area contributed by atoms with Crippen molar-refractivity contribution in [1.29, 1.82) is 0 Å². The number of aryl methyl sites for hydroxylation is 1. The van der Waals surface area contributed by atoms with Gasteiger partial charge in [-0.2, -0.15) is 4.72 Å². The van der Waals surface area contributed by atoms with Gasteiger partial charge >= 0.3 is 0 Å². The lowest BCUT2D eigenvalue weighted by Crippen LogP contribution is -2.48. The molecule has 2 fully saturated rings. The number of anilines is 1. The highest BCUT2D eigenvalue weighted by Crippen LogP contribution is 2.35. The SMILES string of the molecule is CC(C/C=C/C(C(=O)N(C)CCN1CCOCC1)N1CCCC1)C(C)[S+]([O-])NC(=O)c1ccc(OCC2CCCc3cc(Cl)ccc32)c(N(C)C)c1. The number of rotatable bonds is 16. The van der Waals surface area contributed by atoms with Crippen LogP contribution in [0.25, 0.3) is 0 Å². The van der Waals surface area contributed by atoms with Gasteiger partial charge in [0.1, 0.15) is 17.0 Å². The highest BCUT2D eigenvalue weighted by atomic mass is 35.5. The topological polar surface area (TPSA) is 101 Å². The van der Waals surface area contributed by atoms with E-state index < -0.39 is 11.4 Å². The maximum atomic E-state index is 13.6. The molecular weight excluding hydrogens is 698 g/mol. The lowest BCUT2D eigenvalue weighted by Gasteiger charge is -2.31. The fourth-order valence-electron chi connectivity index (χ4n) is 7.28. The number of carbonyl (C=O) groups is 2. The van der Waals surface area contributed by atoms with E-state index in [1.54, 1.807) is 12.1 Å². The summed E-state index contributed by atoms with van der Waals surface area (Å²) in [6, 6.07) is 11.2. The summed E-state index contributed by atoms with van der Waals surface area (Å²) >= 11 is 4.64. The van der Waals surface area contributed by atoms with E-state index in [0.717, 1.165) is 88.8 Å². The van der Waals surface area contributed by atoms with Gasteiger partial charge in [-0.3, -0.25) is 19.4 Å². The molecule has 10 nitrogen and oxygen atoms in total. The summed E-state index contributed by atoms with van der Waals surface area (Å²) in [7, 11) is 5.73. The van der Waals surface area contributed by atoms with Gasteiger partial charge in [0.25, 0.3) is 5.91 Å². The Morgan fingerprint density at radius 2 is 1.83 bits per heavy atom. The summed E-state index contributed by atoms with van der Waals surface area (Å²) in [5.41, 5.74) is 3.79. The Labute approximate surface area is 319 Å². The van der Waals surface area contributed by atoms with Crippen LogP contribution in [0.2, 0.25) is 5.02 Å². The highest BCUT2D eigenvalue weighted by molar-refractivity contribution is 7.90. The summed E-state index contributed by atoms with van der Waals surface area (Å²) in [6.45, 7) is 11.1. The molecule has 286 valence electrons. The minimum Gasteiger partial charge on any atom is -0.593 e. The summed E-state index contributed by atoms with van der Waals surface area (Å²) in [6.07, 6.45) is 10.1. The molecule has 5 atom stereocenters. The van der Waals surface area contributed by atoms with Crippen molar-refractivity contribution in [3.05, 3.63) is 70.3 Å². The molecule has 0 bridgehead atoms. The summed E-state index contributed by atoms with van der Waals surface area (Å²) in [5.74, 6) is 0.714. The third-order valence-electron chi connectivity index (χ3n) is 10.9. The Morgan fingerprint density at radius 1 is 1.08 bits per heavy atom. The number of benzene rings is 2. The van der Waals surface area contributed by atoms with Crippen molar-refractivity contribution in [1.82, 2.24) is 19.4 Å². The molecule has 2 aromatic rings. The molecule has 52 heavy (non-hydrogen) atoms. The second-order valence-corrected chi connectivity index (χ2v) is 16.8. The molecule has 0 saturated carbocycles. The number of halogens is 1. The monoisotopic (exact) mass is 755 g/mol. The van der Waals surface area contributed by atoms with E-state index >= 15 is 0 Å². The van der Waals surface area contributed by atoms with Crippen LogP contribution < -0.4 is 14.4 Å². The lowest BCUT2D eigenvalue weighted by molar-refractivity contribution is -0.133. The average Bonchev–Trinajstić information content (AvgIpc) is 3.69. The molecule has 2 heterocycles. The molecule has 1 N–H and O–H groups in total. The number of allylic oxidation sites excluding steroid dienone is 1. The molecule has 0 spiro atoms. The summed E-state index contributed by atoms with van der Waals surface area (Å²) < 4.78 is 27.9. The Morgan fingerprint density at radius 3 is 2.56 bits per heavy atom. The zero-order valence-corrected chi connectivity index (χ0v) is 33.2. The lowest BCUT2D eigenvalue weighted by atomic mass is 9.83. The number of morpholine rings is 1. The van der Waals surface area contributed by atoms with Crippen molar-refractivity contribution in [3.8, 4) is 5.75 Å². The quantitative estimate of drug-likeness (QED) is 0.177. The van der Waals surface area contributed by atoms with E-state index in [2.05, 4.69) is 32.7 Å². The van der Waals surface area contributed by atoms with Gasteiger partial charge in [-0.15, -0.1) is 0 Å². The zero-order valence-electron chi connectivity index (χ0n) is 31.7. The standard InChI is InChI=1S/C40H58ClN5O5S/c1-29(10-8-13-36(46-18-6-7-19-46)40(48)44(5)20-21-45-22-24-50-25-23-45)30(2)52(49)42-39(47)32-14-17-38(37(27-32)43(3)4)51-28-33-12-9-11-31-26-34(41)15-16-35(31)33/h8,13-17,26-27,29-30,33,36H,6-7,9-12,18-25,28H2,1-5H3,(H,42,47)/b13-8+. The van der Waals surface area contributed by atoms with Crippen LogP contribution in [-0.4, -0.2) is 123 Å². The summed E-state index contributed by atoms with van der Waals surface area (Å²) in [5, 5.41) is 0.467. The molecular formula is C40H58ClN5O5S. The molecule has 2 amide bonds. The molecule has 2 aromatic carbocycles. The van der Waals surface area contributed by atoms with Crippen LogP contribution in [0.15, 0.2) is 48.6 Å². The van der Waals surface area contributed by atoms with Gasteiger partial charge in [-0.05, 0) is 100.0 Å². The first kappa shape index (κ1) is 40.4. The fourth-order valence-corrected chi connectivity index (χ4v) is 8.49. The molecule has 2 aliphatic heterocycles. The molecule has 3 aliphatic rings. The number of carbonyl (C=O) groups excluding carboxylic acids is 2. The molecule has 12 heteroatoms. The van der Waals surface area contributed by atoms with Crippen molar-refractivity contribution < 1.29 is 23.6 Å². The fraction of sp³-hybridized carbons (Fsp3) is 0.600.